The number of pyridine rings is 1. The Morgan fingerprint density at radius 1 is 1.19 bits per heavy atom. The number of halogens is 1. The smallest absolute Gasteiger partial charge is 0.329 e. The summed E-state index contributed by atoms with van der Waals surface area (Å²) in [4.78, 5) is 41.3. The summed E-state index contributed by atoms with van der Waals surface area (Å²) in [5.41, 5.74) is 0.318. The molecule has 0 aromatic carbocycles. The van der Waals surface area contributed by atoms with Gasteiger partial charge in [0.15, 0.2) is 11.3 Å². The van der Waals surface area contributed by atoms with Gasteiger partial charge in [-0.3, -0.25) is 9.59 Å². The molecule has 0 saturated heterocycles. The van der Waals surface area contributed by atoms with Crippen LogP contribution in [0.4, 0.5) is 5.69 Å². The van der Waals surface area contributed by atoms with Crippen LogP contribution in [0, 0.1) is 5.92 Å². The molecule has 2 aromatic heterocycles. The van der Waals surface area contributed by atoms with Crippen molar-refractivity contribution in [1.29, 1.82) is 0 Å². The fourth-order valence-corrected chi connectivity index (χ4v) is 2.93. The minimum atomic E-state index is -1.08. The number of nitrogens with one attached hydrogen (secondary N) is 2. The zero-order chi connectivity index (χ0) is 20.0. The van der Waals surface area contributed by atoms with Gasteiger partial charge in [0.1, 0.15) is 6.04 Å². The molecule has 0 unspecified atom stereocenters. The van der Waals surface area contributed by atoms with E-state index >= 15 is 0 Å². The molecule has 0 fully saturated rings. The van der Waals surface area contributed by atoms with Gasteiger partial charge < -0.3 is 15.4 Å². The predicted molar refractivity (Wildman–Crippen MR) is 104 cm³/mol. The first-order valence-corrected chi connectivity index (χ1v) is 9.51. The number of aromatic nitrogens is 1. The lowest BCUT2D eigenvalue weighted by molar-refractivity contribution is -0.156. The minimum Gasteiger partial charge on any atom is -0.451 e. The molecule has 0 aliphatic rings. The van der Waals surface area contributed by atoms with Crippen LogP contribution in [-0.2, 0) is 14.3 Å². The number of thiophene rings is 1. The summed E-state index contributed by atoms with van der Waals surface area (Å²) in [6, 6.07) is 5.73. The van der Waals surface area contributed by atoms with Gasteiger partial charge in [-0.15, -0.1) is 11.3 Å². The summed E-state index contributed by atoms with van der Waals surface area (Å²) < 4.78 is 5.24. The van der Waals surface area contributed by atoms with Gasteiger partial charge in [0, 0.05) is 6.20 Å². The molecule has 0 bridgehead atoms. The Hall–Kier alpha value is -2.45. The maximum Gasteiger partial charge on any atom is 0.329 e. The Balaban J connectivity index is 1.98. The van der Waals surface area contributed by atoms with E-state index in [-0.39, 0.29) is 17.0 Å². The fraction of sp³-hybridized carbons (Fsp3) is 0.333. The quantitative estimate of drug-likeness (QED) is 0.541. The fourth-order valence-electron chi connectivity index (χ4n) is 2.13. The molecule has 0 saturated carbocycles. The van der Waals surface area contributed by atoms with Crippen molar-refractivity contribution in [3.05, 3.63) is 45.9 Å². The SMILES string of the molecule is CC(C)[C@H](NC(=O)c1cccs1)C(=O)O[C@H](C)C(=O)Nc1cccnc1Cl. The maximum absolute atomic E-state index is 12.5. The molecule has 2 atom stereocenters. The second-order valence-electron chi connectivity index (χ2n) is 6.08. The molecule has 0 spiro atoms. The summed E-state index contributed by atoms with van der Waals surface area (Å²) >= 11 is 7.17. The number of rotatable bonds is 7. The first kappa shape index (κ1) is 20.9. The molecule has 2 amide bonds. The van der Waals surface area contributed by atoms with Crippen molar-refractivity contribution in [2.75, 3.05) is 5.32 Å². The number of carbonyl (C=O) groups is 3. The van der Waals surface area contributed by atoms with Crippen LogP contribution in [0.2, 0.25) is 5.15 Å². The van der Waals surface area contributed by atoms with Gasteiger partial charge in [0.25, 0.3) is 11.8 Å². The van der Waals surface area contributed by atoms with Gasteiger partial charge in [-0.05, 0) is 36.4 Å². The van der Waals surface area contributed by atoms with E-state index in [2.05, 4.69) is 15.6 Å². The van der Waals surface area contributed by atoms with Crippen LogP contribution in [0.25, 0.3) is 0 Å². The van der Waals surface area contributed by atoms with Crippen LogP contribution in [0.3, 0.4) is 0 Å². The van der Waals surface area contributed by atoms with Crippen molar-refractivity contribution < 1.29 is 19.1 Å². The van der Waals surface area contributed by atoms with Crippen LogP contribution in [-0.4, -0.2) is 34.9 Å². The summed E-state index contributed by atoms with van der Waals surface area (Å²) in [6.45, 7) is 5.00. The van der Waals surface area contributed by atoms with Crippen molar-refractivity contribution in [2.45, 2.75) is 32.9 Å². The lowest BCUT2D eigenvalue weighted by Gasteiger charge is -2.22. The van der Waals surface area contributed by atoms with Gasteiger partial charge in [-0.2, -0.15) is 0 Å². The highest BCUT2D eigenvalue weighted by Gasteiger charge is 2.29. The molecular weight excluding hydrogens is 390 g/mol. The highest BCUT2D eigenvalue weighted by Crippen LogP contribution is 2.18. The predicted octanol–water partition coefficient (Wildman–Crippen LogP) is 3.12. The number of ether oxygens (including phenoxy) is 1. The molecular formula is C18H20ClN3O4S. The number of hydrogen-bond acceptors (Lipinski definition) is 6. The van der Waals surface area contributed by atoms with E-state index in [1.165, 1.54) is 24.5 Å². The Morgan fingerprint density at radius 3 is 2.52 bits per heavy atom. The molecule has 0 radical (unpaired) electrons. The van der Waals surface area contributed by atoms with E-state index < -0.39 is 24.0 Å². The highest BCUT2D eigenvalue weighted by atomic mass is 35.5. The van der Waals surface area contributed by atoms with Crippen LogP contribution in [0.5, 0.6) is 0 Å². The molecule has 0 aliphatic carbocycles. The molecule has 144 valence electrons. The molecule has 27 heavy (non-hydrogen) atoms. The van der Waals surface area contributed by atoms with E-state index in [9.17, 15) is 14.4 Å². The number of hydrogen-bond donors (Lipinski definition) is 2. The Labute approximate surface area is 166 Å². The number of esters is 1. The first-order valence-electron chi connectivity index (χ1n) is 8.25. The van der Waals surface area contributed by atoms with E-state index in [1.807, 2.05) is 0 Å². The van der Waals surface area contributed by atoms with Gasteiger partial charge in [0.2, 0.25) is 0 Å². The average Bonchev–Trinajstić information content (AvgIpc) is 3.15. The molecule has 2 N–H and O–H groups in total. The first-order chi connectivity index (χ1) is 12.8. The normalized spacial score (nSPS) is 12.9. The summed E-state index contributed by atoms with van der Waals surface area (Å²) in [5, 5.41) is 7.11. The number of anilines is 1. The number of carbonyl (C=O) groups excluding carboxylic acids is 3. The Morgan fingerprint density at radius 2 is 1.93 bits per heavy atom. The van der Waals surface area contributed by atoms with Crippen LogP contribution < -0.4 is 10.6 Å². The van der Waals surface area contributed by atoms with Crippen molar-refractivity contribution in [2.24, 2.45) is 5.92 Å². The molecule has 7 nitrogen and oxygen atoms in total. The highest BCUT2D eigenvalue weighted by molar-refractivity contribution is 7.12. The number of nitrogens with zero attached hydrogens (tertiary/aromatic N) is 1. The van der Waals surface area contributed by atoms with Gasteiger partial charge in [0.05, 0.1) is 10.6 Å². The van der Waals surface area contributed by atoms with Crippen molar-refractivity contribution >= 4 is 46.4 Å². The van der Waals surface area contributed by atoms with Crippen LogP contribution in [0.1, 0.15) is 30.4 Å². The zero-order valence-electron chi connectivity index (χ0n) is 15.1. The second kappa shape index (κ2) is 9.48. The molecule has 2 heterocycles. The summed E-state index contributed by atoms with van der Waals surface area (Å²) in [7, 11) is 0. The molecule has 2 aromatic rings. The molecule has 2 rings (SSSR count). The van der Waals surface area contributed by atoms with E-state index in [4.69, 9.17) is 16.3 Å². The summed E-state index contributed by atoms with van der Waals surface area (Å²) in [5.74, 6) is -1.82. The third kappa shape index (κ3) is 5.77. The maximum atomic E-state index is 12.5. The standard InChI is InChI=1S/C18H20ClN3O4S/c1-10(2)14(22-17(24)13-7-5-9-27-13)18(25)26-11(3)16(23)21-12-6-4-8-20-15(12)19/h4-11,14H,1-3H3,(H,21,23)(H,22,24)/t11-,14+/m1/s1. The minimum absolute atomic E-state index is 0.132. The van der Waals surface area contributed by atoms with Gasteiger partial charge >= 0.3 is 5.97 Å². The number of amides is 2. The zero-order valence-corrected chi connectivity index (χ0v) is 16.6. The van der Waals surface area contributed by atoms with Gasteiger partial charge in [-0.25, -0.2) is 9.78 Å². The third-order valence-electron chi connectivity index (χ3n) is 3.63. The van der Waals surface area contributed by atoms with Gasteiger partial charge in [-0.1, -0.05) is 31.5 Å². The molecule has 0 aliphatic heterocycles. The largest absolute Gasteiger partial charge is 0.451 e. The third-order valence-corrected chi connectivity index (χ3v) is 4.80. The monoisotopic (exact) mass is 409 g/mol. The van der Waals surface area contributed by atoms with Crippen molar-refractivity contribution in [3.8, 4) is 0 Å². The lowest BCUT2D eigenvalue weighted by atomic mass is 10.0. The average molecular weight is 410 g/mol. The topological polar surface area (TPSA) is 97.4 Å². The van der Waals surface area contributed by atoms with E-state index in [1.54, 1.807) is 43.5 Å². The Bertz CT molecular complexity index is 811. The Kier molecular flexibility index (Phi) is 7.32. The lowest BCUT2D eigenvalue weighted by Crippen LogP contribution is -2.47. The molecule has 9 heteroatoms. The van der Waals surface area contributed by atoms with Crippen LogP contribution >= 0.6 is 22.9 Å². The van der Waals surface area contributed by atoms with Crippen molar-refractivity contribution in [1.82, 2.24) is 10.3 Å². The second-order valence-corrected chi connectivity index (χ2v) is 7.39. The van der Waals surface area contributed by atoms with Crippen molar-refractivity contribution in [3.63, 3.8) is 0 Å². The summed E-state index contributed by atoms with van der Waals surface area (Å²) in [6.07, 6.45) is 0.416. The van der Waals surface area contributed by atoms with Crippen LogP contribution in [0.15, 0.2) is 35.8 Å². The van der Waals surface area contributed by atoms with E-state index in [0.717, 1.165) is 0 Å². The van der Waals surface area contributed by atoms with E-state index in [0.29, 0.717) is 10.6 Å².